The Morgan fingerprint density at radius 2 is 2.17 bits per heavy atom. The Morgan fingerprint density at radius 3 is 2.72 bits per heavy atom. The number of aryl methyl sites for hydroxylation is 1. The lowest BCUT2D eigenvalue weighted by Gasteiger charge is -2.43. The highest BCUT2D eigenvalue weighted by Gasteiger charge is 2.31. The first-order valence-corrected chi connectivity index (χ1v) is 7.72. The number of hydrogen-bond acceptors (Lipinski definition) is 4. The van der Waals surface area contributed by atoms with Crippen molar-refractivity contribution in [2.45, 2.75) is 52.7 Å². The van der Waals surface area contributed by atoms with Gasteiger partial charge in [0.2, 0.25) is 0 Å². The van der Waals surface area contributed by atoms with E-state index in [0.717, 1.165) is 13.1 Å². The van der Waals surface area contributed by atoms with Crippen molar-refractivity contribution >= 4 is 11.3 Å². The van der Waals surface area contributed by atoms with Gasteiger partial charge < -0.3 is 5.32 Å². The van der Waals surface area contributed by atoms with E-state index in [-0.39, 0.29) is 0 Å². The van der Waals surface area contributed by atoms with Gasteiger partial charge in [-0.15, -0.1) is 11.3 Å². The first kappa shape index (κ1) is 14.0. The predicted octanol–water partition coefficient (Wildman–Crippen LogP) is 2.83. The summed E-state index contributed by atoms with van der Waals surface area (Å²) in [6.45, 7) is 13.5. The SMILES string of the molecule is Cc1cnc(C(C)N2CC(C(C)C)NCC2C)s1. The zero-order valence-corrected chi connectivity index (χ0v) is 12.9. The first-order chi connectivity index (χ1) is 8.49. The molecule has 0 aliphatic carbocycles. The van der Waals surface area contributed by atoms with Gasteiger partial charge in [0.05, 0.1) is 6.04 Å². The number of hydrogen-bond donors (Lipinski definition) is 1. The molecule has 0 radical (unpaired) electrons. The van der Waals surface area contributed by atoms with Gasteiger partial charge in [0.25, 0.3) is 0 Å². The number of nitrogens with zero attached hydrogens (tertiary/aromatic N) is 2. The summed E-state index contributed by atoms with van der Waals surface area (Å²) >= 11 is 1.83. The van der Waals surface area contributed by atoms with Crippen molar-refractivity contribution in [1.82, 2.24) is 15.2 Å². The fourth-order valence-electron chi connectivity index (χ4n) is 2.60. The van der Waals surface area contributed by atoms with Gasteiger partial charge in [-0.05, 0) is 26.7 Å². The van der Waals surface area contributed by atoms with E-state index in [2.05, 4.69) is 49.8 Å². The molecule has 102 valence electrons. The third kappa shape index (κ3) is 2.92. The van der Waals surface area contributed by atoms with Crippen LogP contribution in [0.5, 0.6) is 0 Å². The molecular weight excluding hydrogens is 242 g/mol. The largest absolute Gasteiger partial charge is 0.311 e. The zero-order chi connectivity index (χ0) is 13.3. The van der Waals surface area contributed by atoms with Crippen molar-refractivity contribution < 1.29 is 0 Å². The van der Waals surface area contributed by atoms with E-state index in [1.807, 2.05) is 17.5 Å². The van der Waals surface area contributed by atoms with Crippen LogP contribution in [0.3, 0.4) is 0 Å². The quantitative estimate of drug-likeness (QED) is 0.913. The first-order valence-electron chi connectivity index (χ1n) is 6.90. The van der Waals surface area contributed by atoms with Gasteiger partial charge >= 0.3 is 0 Å². The Balaban J connectivity index is 2.10. The lowest BCUT2D eigenvalue weighted by Crippen LogP contribution is -2.57. The maximum Gasteiger partial charge on any atom is 0.110 e. The summed E-state index contributed by atoms with van der Waals surface area (Å²) in [5.41, 5.74) is 0. The Hall–Kier alpha value is -0.450. The van der Waals surface area contributed by atoms with Crippen molar-refractivity contribution in [3.8, 4) is 0 Å². The van der Waals surface area contributed by atoms with Crippen LogP contribution < -0.4 is 5.32 Å². The summed E-state index contributed by atoms with van der Waals surface area (Å²) in [6, 6.07) is 1.62. The second kappa shape index (κ2) is 5.68. The molecule has 0 aromatic carbocycles. The molecule has 4 heteroatoms. The molecule has 1 aromatic rings. The van der Waals surface area contributed by atoms with Gasteiger partial charge in [-0.2, -0.15) is 0 Å². The fourth-order valence-corrected chi connectivity index (χ4v) is 3.45. The minimum absolute atomic E-state index is 0.432. The van der Waals surface area contributed by atoms with Crippen LogP contribution in [0.4, 0.5) is 0 Å². The Labute approximate surface area is 115 Å². The van der Waals surface area contributed by atoms with Crippen LogP contribution >= 0.6 is 11.3 Å². The van der Waals surface area contributed by atoms with Crippen LogP contribution in [0.1, 0.15) is 43.6 Å². The van der Waals surface area contributed by atoms with Crippen molar-refractivity contribution in [3.05, 3.63) is 16.1 Å². The molecule has 1 N–H and O–H groups in total. The molecule has 1 saturated heterocycles. The molecule has 3 nitrogen and oxygen atoms in total. The molecule has 3 atom stereocenters. The van der Waals surface area contributed by atoms with Crippen LogP contribution in [0, 0.1) is 12.8 Å². The molecule has 1 fully saturated rings. The summed E-state index contributed by atoms with van der Waals surface area (Å²) in [6.07, 6.45) is 1.99. The van der Waals surface area contributed by atoms with E-state index in [9.17, 15) is 0 Å². The van der Waals surface area contributed by atoms with E-state index in [1.165, 1.54) is 9.88 Å². The summed E-state index contributed by atoms with van der Waals surface area (Å²) < 4.78 is 0. The average molecular weight is 267 g/mol. The van der Waals surface area contributed by atoms with Crippen molar-refractivity contribution in [1.29, 1.82) is 0 Å². The van der Waals surface area contributed by atoms with Crippen LogP contribution in [-0.2, 0) is 0 Å². The number of thiazole rings is 1. The minimum Gasteiger partial charge on any atom is -0.311 e. The summed E-state index contributed by atoms with van der Waals surface area (Å²) in [5.74, 6) is 0.685. The van der Waals surface area contributed by atoms with Crippen LogP contribution in [0.25, 0.3) is 0 Å². The molecule has 2 heterocycles. The Kier molecular flexibility index (Phi) is 4.41. The third-order valence-corrected chi connectivity index (χ3v) is 5.03. The standard InChI is InChI=1S/C14H25N3S/c1-9(2)13-8-17(10(3)6-15-13)12(5)14-16-7-11(4)18-14/h7,9-10,12-13,15H,6,8H2,1-5H3. The second-order valence-electron chi connectivity index (χ2n) is 5.79. The number of nitrogens with one attached hydrogen (secondary N) is 1. The van der Waals surface area contributed by atoms with Gasteiger partial charge in [0.1, 0.15) is 5.01 Å². The maximum atomic E-state index is 4.55. The molecule has 0 saturated carbocycles. The normalized spacial score (nSPS) is 27.7. The van der Waals surface area contributed by atoms with E-state index in [4.69, 9.17) is 0 Å². The van der Waals surface area contributed by atoms with E-state index >= 15 is 0 Å². The predicted molar refractivity (Wildman–Crippen MR) is 78.1 cm³/mol. The highest BCUT2D eigenvalue weighted by atomic mass is 32.1. The molecule has 1 aromatic heterocycles. The number of aromatic nitrogens is 1. The lowest BCUT2D eigenvalue weighted by molar-refractivity contribution is 0.0851. The smallest absolute Gasteiger partial charge is 0.110 e. The number of piperazine rings is 1. The summed E-state index contributed by atoms with van der Waals surface area (Å²) in [7, 11) is 0. The van der Waals surface area contributed by atoms with Crippen molar-refractivity contribution in [2.75, 3.05) is 13.1 Å². The molecule has 1 aliphatic rings. The zero-order valence-electron chi connectivity index (χ0n) is 12.1. The van der Waals surface area contributed by atoms with Crippen molar-refractivity contribution in [2.24, 2.45) is 5.92 Å². The van der Waals surface area contributed by atoms with Gasteiger partial charge in [-0.3, -0.25) is 4.90 Å². The van der Waals surface area contributed by atoms with Gasteiger partial charge in [0.15, 0.2) is 0 Å². The molecule has 0 spiro atoms. The third-order valence-electron chi connectivity index (χ3n) is 3.95. The number of rotatable bonds is 3. The Bertz CT molecular complexity index is 388. The van der Waals surface area contributed by atoms with E-state index < -0.39 is 0 Å². The maximum absolute atomic E-state index is 4.55. The molecule has 1 aliphatic heterocycles. The van der Waals surface area contributed by atoms with Gasteiger partial charge in [-0.1, -0.05) is 13.8 Å². The molecule has 0 amide bonds. The second-order valence-corrected chi connectivity index (χ2v) is 7.06. The van der Waals surface area contributed by atoms with Crippen LogP contribution in [0.15, 0.2) is 6.20 Å². The lowest BCUT2D eigenvalue weighted by atomic mass is 9.98. The van der Waals surface area contributed by atoms with E-state index in [0.29, 0.717) is 24.0 Å². The fraction of sp³-hybridized carbons (Fsp3) is 0.786. The van der Waals surface area contributed by atoms with Gasteiger partial charge in [0, 0.05) is 36.2 Å². The van der Waals surface area contributed by atoms with Crippen LogP contribution in [-0.4, -0.2) is 35.1 Å². The Morgan fingerprint density at radius 1 is 1.44 bits per heavy atom. The summed E-state index contributed by atoms with van der Waals surface area (Å²) in [5, 5.41) is 4.90. The van der Waals surface area contributed by atoms with E-state index in [1.54, 1.807) is 0 Å². The monoisotopic (exact) mass is 267 g/mol. The summed E-state index contributed by atoms with van der Waals surface area (Å²) in [4.78, 5) is 8.45. The minimum atomic E-state index is 0.432. The molecule has 2 rings (SSSR count). The van der Waals surface area contributed by atoms with Crippen LogP contribution in [0.2, 0.25) is 0 Å². The van der Waals surface area contributed by atoms with Crippen molar-refractivity contribution in [3.63, 3.8) is 0 Å². The molecular formula is C14H25N3S. The molecule has 18 heavy (non-hydrogen) atoms. The average Bonchev–Trinajstić information content (AvgIpc) is 2.75. The topological polar surface area (TPSA) is 28.2 Å². The van der Waals surface area contributed by atoms with Gasteiger partial charge in [-0.25, -0.2) is 4.98 Å². The molecule has 3 unspecified atom stereocenters. The molecule has 0 bridgehead atoms. The highest BCUT2D eigenvalue weighted by Crippen LogP contribution is 2.28. The highest BCUT2D eigenvalue weighted by molar-refractivity contribution is 7.11.